The summed E-state index contributed by atoms with van der Waals surface area (Å²) >= 11 is 0. The van der Waals surface area contributed by atoms with Crippen LogP contribution in [0.15, 0.2) is 40.5 Å². The second-order valence-corrected chi connectivity index (χ2v) is 15.9. The molecular weight excluding hydrogens is 510 g/mol. The molecule has 5 aliphatic rings. The molecule has 5 nitrogen and oxygen atoms in total. The van der Waals surface area contributed by atoms with E-state index in [1.54, 1.807) is 13.4 Å². The molecule has 6 rings (SSSR count). The van der Waals surface area contributed by atoms with Gasteiger partial charge in [-0.1, -0.05) is 32.9 Å². The zero-order valence-electron chi connectivity index (χ0n) is 26.4. The second kappa shape index (κ2) is 9.35. The van der Waals surface area contributed by atoms with Crippen molar-refractivity contribution in [3.8, 4) is 0 Å². The first-order valence-electron chi connectivity index (χ1n) is 16.0. The number of carbonyl (C=O) groups is 2. The molecule has 224 valence electrons. The molecule has 9 atom stereocenters. The van der Waals surface area contributed by atoms with Gasteiger partial charge in [-0.15, -0.1) is 0 Å². The number of allylic oxidation sites excluding steroid dienone is 1. The predicted octanol–water partition coefficient (Wildman–Crippen LogP) is 7.97. The van der Waals surface area contributed by atoms with Crippen LogP contribution in [0.3, 0.4) is 0 Å². The van der Waals surface area contributed by atoms with Gasteiger partial charge in [0.25, 0.3) is 0 Å². The van der Waals surface area contributed by atoms with Crippen LogP contribution >= 0.6 is 0 Å². The average molecular weight is 562 g/mol. The summed E-state index contributed by atoms with van der Waals surface area (Å²) in [6, 6.07) is 3.82. The van der Waals surface area contributed by atoms with Crippen LogP contribution in [0.2, 0.25) is 0 Å². The predicted molar refractivity (Wildman–Crippen MR) is 161 cm³/mol. The number of esters is 1. The number of carbonyl (C=O) groups excluding carboxylic acids is 2. The molecular formula is C36H51NO4. The number of furan rings is 1. The number of ether oxygens (including phenoxy) is 1. The summed E-state index contributed by atoms with van der Waals surface area (Å²) in [6.07, 6.45) is 12.9. The van der Waals surface area contributed by atoms with Gasteiger partial charge < -0.3 is 14.5 Å². The highest BCUT2D eigenvalue weighted by Crippen LogP contribution is 2.76. The van der Waals surface area contributed by atoms with E-state index in [0.29, 0.717) is 29.6 Å². The van der Waals surface area contributed by atoms with Crippen LogP contribution in [-0.2, 0) is 14.3 Å². The fourth-order valence-electron chi connectivity index (χ4n) is 12.1. The molecule has 1 saturated heterocycles. The van der Waals surface area contributed by atoms with Crippen molar-refractivity contribution in [1.29, 1.82) is 0 Å². The number of methoxy groups -OCH3 is 1. The quantitative estimate of drug-likeness (QED) is 0.231. The van der Waals surface area contributed by atoms with Crippen LogP contribution in [0.1, 0.15) is 105 Å². The maximum atomic E-state index is 13.7. The maximum Gasteiger partial charge on any atom is 0.312 e. The zero-order chi connectivity index (χ0) is 29.6. The van der Waals surface area contributed by atoms with E-state index in [1.807, 2.05) is 18.2 Å². The molecule has 41 heavy (non-hydrogen) atoms. The molecule has 0 bridgehead atoms. The van der Waals surface area contributed by atoms with E-state index in [9.17, 15) is 9.59 Å². The van der Waals surface area contributed by atoms with Crippen LogP contribution in [0.4, 0.5) is 0 Å². The molecule has 0 radical (unpaired) electrons. The number of rotatable bonds is 3. The zero-order valence-corrected chi connectivity index (χ0v) is 26.4. The van der Waals surface area contributed by atoms with E-state index < -0.39 is 0 Å². The fraction of sp³-hybridized carbons (Fsp3) is 0.722. The third kappa shape index (κ3) is 3.85. The molecule has 1 amide bonds. The Bertz CT molecular complexity index is 1280. The van der Waals surface area contributed by atoms with E-state index in [0.717, 1.165) is 69.1 Å². The minimum atomic E-state index is -0.369. The second-order valence-electron chi connectivity index (χ2n) is 15.9. The topological polar surface area (TPSA) is 68.5 Å². The lowest BCUT2D eigenvalue weighted by Gasteiger charge is -2.71. The number of hydrogen-bond acceptors (Lipinski definition) is 4. The largest absolute Gasteiger partial charge is 0.469 e. The molecule has 0 aromatic carbocycles. The smallest absolute Gasteiger partial charge is 0.312 e. The average Bonchev–Trinajstić information content (AvgIpc) is 3.55. The van der Waals surface area contributed by atoms with Crippen molar-refractivity contribution in [3.63, 3.8) is 0 Å². The van der Waals surface area contributed by atoms with Gasteiger partial charge in [0.1, 0.15) is 5.76 Å². The van der Waals surface area contributed by atoms with Crippen LogP contribution in [-0.4, -0.2) is 24.5 Å². The van der Waals surface area contributed by atoms with Crippen LogP contribution < -0.4 is 5.32 Å². The molecule has 4 aliphatic carbocycles. The van der Waals surface area contributed by atoms with Crippen molar-refractivity contribution in [2.24, 2.45) is 51.2 Å². The Morgan fingerprint density at radius 3 is 2.44 bits per heavy atom. The number of amides is 1. The Morgan fingerprint density at radius 1 is 1.02 bits per heavy atom. The molecule has 1 N–H and O–H groups in total. The van der Waals surface area contributed by atoms with Gasteiger partial charge >= 0.3 is 5.97 Å². The van der Waals surface area contributed by atoms with Crippen molar-refractivity contribution in [2.75, 3.05) is 7.11 Å². The normalized spacial score (nSPS) is 45.9. The third-order valence-corrected chi connectivity index (χ3v) is 14.0. The fourth-order valence-corrected chi connectivity index (χ4v) is 12.1. The van der Waals surface area contributed by atoms with Gasteiger partial charge in [-0.25, -0.2) is 0 Å². The minimum absolute atomic E-state index is 0.0130. The molecule has 5 fully saturated rings. The van der Waals surface area contributed by atoms with Gasteiger partial charge in [-0.2, -0.15) is 0 Å². The van der Waals surface area contributed by atoms with Crippen molar-refractivity contribution < 1.29 is 18.7 Å². The molecule has 1 aromatic rings. The molecule has 4 saturated carbocycles. The molecule has 1 aromatic heterocycles. The molecule has 0 spiro atoms. The maximum absolute atomic E-state index is 13.7. The molecule has 5 heteroatoms. The standard InChI is InChI=1S/C36H51NO4/c1-22(2)25-13-16-36(31(39)40-8)18-17-34(6)26(29(25)36)11-12-28-33(5)21-23(20-24-10-9-19-41-24)30(38)37-32(3,4)27(33)14-15-35(28,34)7/h9-10,19-20,25-29H,1,11-18,21H2,2-8H3,(H,37,38)/b23-20-/t25-,26+,27-,28+,29+,33-,34+,35+,36-/m0/s1. The summed E-state index contributed by atoms with van der Waals surface area (Å²) in [7, 11) is 1.58. The minimum Gasteiger partial charge on any atom is -0.469 e. The van der Waals surface area contributed by atoms with E-state index in [4.69, 9.17) is 9.15 Å². The SMILES string of the molecule is C=C(C)[C@@H]1CC[C@]2(C(=O)OC)CC[C@]3(C)[C@H](CC[C@@H]4[C@@]5(C)C/C(=C/c6ccco6)C(=O)NC(C)(C)[C@@H]5CC[C@]43C)[C@@H]12. The third-order valence-electron chi connectivity index (χ3n) is 14.0. The van der Waals surface area contributed by atoms with Gasteiger partial charge in [-0.05, 0) is 143 Å². The van der Waals surface area contributed by atoms with Crippen molar-refractivity contribution in [2.45, 2.75) is 105 Å². The summed E-state index contributed by atoms with van der Waals surface area (Å²) in [5, 5.41) is 3.44. The Labute approximate surface area is 246 Å². The first-order chi connectivity index (χ1) is 19.2. The van der Waals surface area contributed by atoms with Crippen LogP contribution in [0.25, 0.3) is 6.08 Å². The summed E-state index contributed by atoms with van der Waals surface area (Å²) < 4.78 is 11.2. The van der Waals surface area contributed by atoms with E-state index >= 15 is 0 Å². The lowest BCUT2D eigenvalue weighted by Crippen LogP contribution is -2.66. The monoisotopic (exact) mass is 561 g/mol. The molecule has 0 unspecified atom stereocenters. The van der Waals surface area contributed by atoms with Gasteiger partial charge in [0.2, 0.25) is 5.91 Å². The first kappa shape index (κ1) is 28.8. The highest BCUT2D eigenvalue weighted by atomic mass is 16.5. The van der Waals surface area contributed by atoms with Gasteiger partial charge in [0, 0.05) is 11.1 Å². The van der Waals surface area contributed by atoms with E-state index in [2.05, 4.69) is 53.4 Å². The van der Waals surface area contributed by atoms with Gasteiger partial charge in [-0.3, -0.25) is 9.59 Å². The Morgan fingerprint density at radius 2 is 1.78 bits per heavy atom. The lowest BCUT2D eigenvalue weighted by molar-refractivity contribution is -0.225. The van der Waals surface area contributed by atoms with Crippen molar-refractivity contribution >= 4 is 18.0 Å². The summed E-state index contributed by atoms with van der Waals surface area (Å²) in [4.78, 5) is 27.2. The van der Waals surface area contributed by atoms with Crippen molar-refractivity contribution in [3.05, 3.63) is 41.9 Å². The van der Waals surface area contributed by atoms with E-state index in [-0.39, 0.29) is 39.1 Å². The van der Waals surface area contributed by atoms with Crippen molar-refractivity contribution in [1.82, 2.24) is 5.32 Å². The summed E-state index contributed by atoms with van der Waals surface area (Å²) in [6.45, 7) is 18.7. The first-order valence-corrected chi connectivity index (χ1v) is 16.0. The number of hydrogen-bond donors (Lipinski definition) is 1. The highest BCUT2D eigenvalue weighted by molar-refractivity contribution is 5.98. The van der Waals surface area contributed by atoms with Crippen LogP contribution in [0, 0.1) is 51.2 Å². The lowest BCUT2D eigenvalue weighted by atomic mass is 9.33. The van der Waals surface area contributed by atoms with Gasteiger partial charge in [0.15, 0.2) is 0 Å². The van der Waals surface area contributed by atoms with Gasteiger partial charge in [0.05, 0.1) is 18.8 Å². The summed E-state index contributed by atoms with van der Waals surface area (Å²) in [5.41, 5.74) is 1.59. The van der Waals surface area contributed by atoms with E-state index in [1.165, 1.54) is 5.57 Å². The van der Waals surface area contributed by atoms with Crippen LogP contribution in [0.5, 0.6) is 0 Å². The Kier molecular flexibility index (Phi) is 6.57. The number of fused-ring (bicyclic) bond motifs is 7. The molecule has 1 aliphatic heterocycles. The highest BCUT2D eigenvalue weighted by Gasteiger charge is 2.71. The number of nitrogens with one attached hydrogen (secondary N) is 1. The summed E-state index contributed by atoms with van der Waals surface area (Å²) in [5.74, 6) is 2.81. The molecule has 2 heterocycles. The Hall–Kier alpha value is -2.30. The Balaban J connectivity index is 1.43.